The molecule has 0 radical (unpaired) electrons. The molecule has 19 heavy (non-hydrogen) atoms. The summed E-state index contributed by atoms with van der Waals surface area (Å²) in [5, 5.41) is 0.484. The van der Waals surface area contributed by atoms with Crippen LogP contribution in [0.4, 0.5) is 9.59 Å². The number of rotatable bonds is 3. The highest BCUT2D eigenvalue weighted by atomic mass is 35.5. The van der Waals surface area contributed by atoms with Gasteiger partial charge in [-0.2, -0.15) is 0 Å². The Morgan fingerprint density at radius 3 is 2.16 bits per heavy atom. The SMILES string of the molecule is CN(C)C(=O)N(C(N)=O)C(C=O)c1ccc(Cl)cc1. The number of amides is 4. The topological polar surface area (TPSA) is 83.7 Å². The molecule has 0 spiro atoms. The van der Waals surface area contributed by atoms with Crippen LogP contribution in [0.15, 0.2) is 24.3 Å². The van der Waals surface area contributed by atoms with Crippen molar-refractivity contribution in [3.05, 3.63) is 34.9 Å². The molecule has 0 bridgehead atoms. The van der Waals surface area contributed by atoms with Crippen LogP contribution in [-0.2, 0) is 4.79 Å². The van der Waals surface area contributed by atoms with Crippen LogP contribution in [-0.4, -0.2) is 42.2 Å². The van der Waals surface area contributed by atoms with Gasteiger partial charge in [0.05, 0.1) is 0 Å². The van der Waals surface area contributed by atoms with Gasteiger partial charge < -0.3 is 15.4 Å². The lowest BCUT2D eigenvalue weighted by Crippen LogP contribution is -2.48. The van der Waals surface area contributed by atoms with Crippen molar-refractivity contribution in [2.24, 2.45) is 5.73 Å². The van der Waals surface area contributed by atoms with Crippen LogP contribution in [0.25, 0.3) is 0 Å². The van der Waals surface area contributed by atoms with Crippen LogP contribution in [0.1, 0.15) is 11.6 Å². The average Bonchev–Trinajstić information content (AvgIpc) is 2.35. The molecular weight excluding hydrogens is 270 g/mol. The largest absolute Gasteiger partial charge is 0.351 e. The number of halogens is 1. The number of nitrogens with zero attached hydrogens (tertiary/aromatic N) is 2. The van der Waals surface area contributed by atoms with E-state index in [2.05, 4.69) is 0 Å². The minimum absolute atomic E-state index is 0.452. The molecule has 6 nitrogen and oxygen atoms in total. The average molecular weight is 284 g/mol. The van der Waals surface area contributed by atoms with Crippen molar-refractivity contribution >= 4 is 29.9 Å². The van der Waals surface area contributed by atoms with Crippen LogP contribution < -0.4 is 5.73 Å². The Kier molecular flexibility index (Phi) is 4.88. The van der Waals surface area contributed by atoms with E-state index < -0.39 is 18.1 Å². The summed E-state index contributed by atoms with van der Waals surface area (Å²) < 4.78 is 0. The van der Waals surface area contributed by atoms with Gasteiger partial charge in [0, 0.05) is 19.1 Å². The summed E-state index contributed by atoms with van der Waals surface area (Å²) in [6, 6.07) is 3.50. The maximum Gasteiger partial charge on any atom is 0.328 e. The summed E-state index contributed by atoms with van der Waals surface area (Å²) in [4.78, 5) is 36.4. The molecule has 1 unspecified atom stereocenters. The molecule has 102 valence electrons. The van der Waals surface area contributed by atoms with Gasteiger partial charge in [0.2, 0.25) is 0 Å². The predicted octanol–water partition coefficient (Wildman–Crippen LogP) is 1.64. The highest BCUT2D eigenvalue weighted by Crippen LogP contribution is 2.21. The molecule has 0 aromatic heterocycles. The molecule has 4 amide bonds. The number of benzene rings is 1. The fourth-order valence-corrected chi connectivity index (χ4v) is 1.64. The molecule has 7 heteroatoms. The summed E-state index contributed by atoms with van der Waals surface area (Å²) >= 11 is 5.75. The van der Waals surface area contributed by atoms with Crippen LogP contribution in [0.3, 0.4) is 0 Å². The van der Waals surface area contributed by atoms with Gasteiger partial charge in [-0.05, 0) is 17.7 Å². The standard InChI is InChI=1S/C12H14ClN3O3/c1-15(2)12(19)16(11(14)18)10(7-17)8-3-5-9(13)6-4-8/h3-7,10H,1-2H3,(H2,14,18). The second-order valence-electron chi connectivity index (χ2n) is 4.02. The highest BCUT2D eigenvalue weighted by molar-refractivity contribution is 6.30. The second kappa shape index (κ2) is 6.19. The van der Waals surface area contributed by atoms with E-state index in [0.717, 1.165) is 4.90 Å². The normalized spacial score (nSPS) is 11.5. The number of carbonyl (C=O) groups is 3. The lowest BCUT2D eigenvalue weighted by atomic mass is 10.1. The number of imide groups is 1. The maximum absolute atomic E-state index is 11.9. The molecule has 0 fully saturated rings. The number of nitrogens with two attached hydrogens (primary N) is 1. The first-order valence-corrected chi connectivity index (χ1v) is 5.77. The molecule has 2 N–H and O–H groups in total. The summed E-state index contributed by atoms with van der Waals surface area (Å²) in [6.07, 6.45) is 0.482. The number of aldehydes is 1. The van der Waals surface area contributed by atoms with Crippen LogP contribution >= 0.6 is 11.6 Å². The van der Waals surface area contributed by atoms with Gasteiger partial charge >= 0.3 is 12.1 Å². The van der Waals surface area contributed by atoms with Crippen molar-refractivity contribution in [3.63, 3.8) is 0 Å². The van der Waals surface area contributed by atoms with Gasteiger partial charge in [-0.3, -0.25) is 0 Å². The zero-order valence-electron chi connectivity index (χ0n) is 10.5. The van der Waals surface area contributed by atoms with Crippen molar-refractivity contribution in [3.8, 4) is 0 Å². The van der Waals surface area contributed by atoms with Crippen molar-refractivity contribution < 1.29 is 14.4 Å². The van der Waals surface area contributed by atoms with Crippen molar-refractivity contribution in [1.29, 1.82) is 0 Å². The summed E-state index contributed by atoms with van der Waals surface area (Å²) in [6.45, 7) is 0. The second-order valence-corrected chi connectivity index (χ2v) is 4.45. The molecule has 0 aliphatic carbocycles. The fraction of sp³-hybridized carbons (Fsp3) is 0.250. The van der Waals surface area contributed by atoms with Gasteiger partial charge in [-0.1, -0.05) is 23.7 Å². The van der Waals surface area contributed by atoms with Gasteiger partial charge in [-0.25, -0.2) is 14.5 Å². The molecule has 0 aliphatic heterocycles. The molecule has 1 rings (SSSR count). The Labute approximate surface area is 115 Å². The Morgan fingerprint density at radius 1 is 1.26 bits per heavy atom. The van der Waals surface area contributed by atoms with E-state index in [1.165, 1.54) is 14.1 Å². The maximum atomic E-state index is 11.9. The van der Waals surface area contributed by atoms with E-state index in [0.29, 0.717) is 21.8 Å². The zero-order valence-corrected chi connectivity index (χ0v) is 11.3. The van der Waals surface area contributed by atoms with Gasteiger partial charge in [-0.15, -0.1) is 0 Å². The number of carbonyl (C=O) groups excluding carboxylic acids is 3. The molecular formula is C12H14ClN3O3. The highest BCUT2D eigenvalue weighted by Gasteiger charge is 2.30. The Balaban J connectivity index is 3.17. The quantitative estimate of drug-likeness (QED) is 0.856. The van der Waals surface area contributed by atoms with Crippen LogP contribution in [0.5, 0.6) is 0 Å². The predicted molar refractivity (Wildman–Crippen MR) is 70.8 cm³/mol. The number of hydrogen-bond acceptors (Lipinski definition) is 3. The first-order chi connectivity index (χ1) is 8.88. The van der Waals surface area contributed by atoms with Crippen molar-refractivity contribution in [2.75, 3.05) is 14.1 Å². The Morgan fingerprint density at radius 2 is 1.79 bits per heavy atom. The third-order valence-electron chi connectivity index (χ3n) is 2.44. The van der Waals surface area contributed by atoms with E-state index in [1.54, 1.807) is 24.3 Å². The number of primary amides is 1. The summed E-state index contributed by atoms with van der Waals surface area (Å²) in [5.41, 5.74) is 5.63. The van der Waals surface area contributed by atoms with E-state index in [1.807, 2.05) is 0 Å². The van der Waals surface area contributed by atoms with Crippen molar-refractivity contribution in [1.82, 2.24) is 9.80 Å². The molecule has 0 saturated heterocycles. The Hall–Kier alpha value is -2.08. The third kappa shape index (κ3) is 3.45. The Bertz CT molecular complexity index is 487. The number of hydrogen-bond donors (Lipinski definition) is 1. The first kappa shape index (κ1) is 15.0. The third-order valence-corrected chi connectivity index (χ3v) is 2.70. The minimum atomic E-state index is -1.08. The molecule has 0 heterocycles. The molecule has 1 aromatic rings. The van der Waals surface area contributed by atoms with E-state index in [4.69, 9.17) is 17.3 Å². The van der Waals surface area contributed by atoms with Crippen LogP contribution in [0.2, 0.25) is 5.02 Å². The lowest BCUT2D eigenvalue weighted by Gasteiger charge is -2.27. The monoisotopic (exact) mass is 283 g/mol. The van der Waals surface area contributed by atoms with Gasteiger partial charge in [0.1, 0.15) is 12.3 Å². The molecule has 1 atom stereocenters. The van der Waals surface area contributed by atoms with E-state index in [9.17, 15) is 14.4 Å². The zero-order chi connectivity index (χ0) is 14.6. The molecule has 0 aliphatic rings. The summed E-state index contributed by atoms with van der Waals surface area (Å²) in [5.74, 6) is 0. The van der Waals surface area contributed by atoms with Crippen LogP contribution in [0, 0.1) is 0 Å². The molecule has 1 aromatic carbocycles. The van der Waals surface area contributed by atoms with E-state index in [-0.39, 0.29) is 0 Å². The molecule has 0 saturated carbocycles. The lowest BCUT2D eigenvalue weighted by molar-refractivity contribution is -0.111. The fourth-order valence-electron chi connectivity index (χ4n) is 1.51. The first-order valence-electron chi connectivity index (χ1n) is 5.39. The number of urea groups is 2. The smallest absolute Gasteiger partial charge is 0.328 e. The van der Waals surface area contributed by atoms with Crippen molar-refractivity contribution in [2.45, 2.75) is 6.04 Å². The van der Waals surface area contributed by atoms with E-state index >= 15 is 0 Å². The van der Waals surface area contributed by atoms with Gasteiger partial charge in [0.25, 0.3) is 0 Å². The summed E-state index contributed by atoms with van der Waals surface area (Å²) in [7, 11) is 2.92. The van der Waals surface area contributed by atoms with Gasteiger partial charge in [0.15, 0.2) is 0 Å². The minimum Gasteiger partial charge on any atom is -0.351 e.